The summed E-state index contributed by atoms with van der Waals surface area (Å²) in [5, 5.41) is 0. The second-order valence-electron chi connectivity index (χ2n) is 7.34. The van der Waals surface area contributed by atoms with Crippen LogP contribution >= 0.6 is 0 Å². The molecule has 1 saturated carbocycles. The molecule has 1 aliphatic carbocycles. The van der Waals surface area contributed by atoms with Crippen molar-refractivity contribution < 1.29 is 19.1 Å². The van der Waals surface area contributed by atoms with Gasteiger partial charge in [-0.1, -0.05) is 12.8 Å². The number of esters is 1. The monoisotopic (exact) mass is 348 g/mol. The van der Waals surface area contributed by atoms with Gasteiger partial charge in [-0.25, -0.2) is 4.79 Å². The number of hydrogen-bond acceptors (Lipinski definition) is 4. The van der Waals surface area contributed by atoms with Crippen LogP contribution in [0.4, 0.5) is 0 Å². The Hall–Kier alpha value is -1.82. The van der Waals surface area contributed by atoms with Crippen LogP contribution in [-0.4, -0.2) is 53.2 Å². The number of amides is 1. The third kappa shape index (κ3) is 3.45. The van der Waals surface area contributed by atoms with Crippen LogP contribution in [0.3, 0.4) is 0 Å². The predicted octanol–water partition coefficient (Wildman–Crippen LogP) is 2.98. The Balaban J connectivity index is 1.86. The average molecular weight is 348 g/mol. The van der Waals surface area contributed by atoms with Crippen molar-refractivity contribution >= 4 is 11.9 Å². The largest absolute Gasteiger partial charge is 0.459 e. The van der Waals surface area contributed by atoms with Gasteiger partial charge in [-0.05, 0) is 46.1 Å². The number of ether oxygens (including phenoxy) is 2. The topological polar surface area (TPSA) is 71.6 Å². The zero-order valence-corrected chi connectivity index (χ0v) is 15.6. The van der Waals surface area contributed by atoms with Gasteiger partial charge in [0.05, 0.1) is 30.4 Å². The molecule has 2 atom stereocenters. The van der Waals surface area contributed by atoms with E-state index < -0.39 is 0 Å². The maximum atomic E-state index is 13.2. The zero-order chi connectivity index (χ0) is 18.1. The Morgan fingerprint density at radius 1 is 1.24 bits per heavy atom. The van der Waals surface area contributed by atoms with Gasteiger partial charge in [0.15, 0.2) is 0 Å². The van der Waals surface area contributed by atoms with E-state index in [2.05, 4.69) is 4.98 Å². The molecule has 138 valence electrons. The van der Waals surface area contributed by atoms with Gasteiger partial charge < -0.3 is 19.4 Å². The third-order valence-corrected chi connectivity index (χ3v) is 5.19. The number of carbonyl (C=O) groups is 2. The molecule has 1 aliphatic heterocycles. The third-order valence-electron chi connectivity index (χ3n) is 5.19. The molecule has 2 heterocycles. The summed E-state index contributed by atoms with van der Waals surface area (Å²) in [5.41, 5.74) is 2.33. The molecule has 0 radical (unpaired) electrons. The van der Waals surface area contributed by atoms with Gasteiger partial charge in [0.25, 0.3) is 5.91 Å². The molecular formula is C19H28N2O4. The highest BCUT2D eigenvalue weighted by atomic mass is 16.5. The lowest BCUT2D eigenvalue weighted by Crippen LogP contribution is -2.55. The molecule has 0 aromatic carbocycles. The summed E-state index contributed by atoms with van der Waals surface area (Å²) in [6, 6.07) is 0.143. The summed E-state index contributed by atoms with van der Waals surface area (Å²) in [7, 11) is 0. The van der Waals surface area contributed by atoms with E-state index >= 15 is 0 Å². The van der Waals surface area contributed by atoms with E-state index in [4.69, 9.17) is 9.47 Å². The van der Waals surface area contributed by atoms with Crippen molar-refractivity contribution in [1.29, 1.82) is 0 Å². The molecule has 6 heteroatoms. The first-order chi connectivity index (χ1) is 11.9. The highest BCUT2D eigenvalue weighted by Gasteiger charge is 2.38. The lowest BCUT2D eigenvalue weighted by molar-refractivity contribution is -0.0754. The number of nitrogens with zero attached hydrogens (tertiary/aromatic N) is 1. The molecule has 2 fully saturated rings. The van der Waals surface area contributed by atoms with Crippen molar-refractivity contribution in [3.63, 3.8) is 0 Å². The molecule has 2 aliphatic rings. The summed E-state index contributed by atoms with van der Waals surface area (Å²) in [6.45, 7) is 8.43. The van der Waals surface area contributed by atoms with E-state index in [1.54, 1.807) is 0 Å². The molecule has 6 nitrogen and oxygen atoms in total. The van der Waals surface area contributed by atoms with E-state index in [1.165, 1.54) is 0 Å². The van der Waals surface area contributed by atoms with Gasteiger partial charge in [0.2, 0.25) is 0 Å². The standard InChI is InChI=1S/C19H28N2O4/c1-11(2)25-19(23)16-12(3)17(20-13(16)4)18(22)21-9-10-24-15-8-6-5-7-14(15)21/h11,14-15,20H,5-10H2,1-4H3/t14-,15-/m1/s1. The minimum Gasteiger partial charge on any atom is -0.459 e. The maximum absolute atomic E-state index is 13.2. The summed E-state index contributed by atoms with van der Waals surface area (Å²) in [4.78, 5) is 30.6. The number of morpholine rings is 1. The maximum Gasteiger partial charge on any atom is 0.340 e. The summed E-state index contributed by atoms with van der Waals surface area (Å²) in [6.07, 6.45) is 4.24. The van der Waals surface area contributed by atoms with Crippen molar-refractivity contribution in [2.24, 2.45) is 0 Å². The first kappa shape index (κ1) is 18.0. The van der Waals surface area contributed by atoms with Gasteiger partial charge in [-0.15, -0.1) is 0 Å². The molecule has 1 amide bonds. The number of nitrogens with one attached hydrogen (secondary N) is 1. The molecule has 0 bridgehead atoms. The summed E-state index contributed by atoms with van der Waals surface area (Å²) < 4.78 is 11.2. The molecule has 0 unspecified atom stereocenters. The van der Waals surface area contributed by atoms with Crippen LogP contribution in [-0.2, 0) is 9.47 Å². The first-order valence-corrected chi connectivity index (χ1v) is 9.23. The van der Waals surface area contributed by atoms with Crippen LogP contribution in [0.2, 0.25) is 0 Å². The van der Waals surface area contributed by atoms with Crippen molar-refractivity contribution in [1.82, 2.24) is 9.88 Å². The van der Waals surface area contributed by atoms with Gasteiger partial charge in [-0.2, -0.15) is 0 Å². The second-order valence-corrected chi connectivity index (χ2v) is 7.34. The molecule has 25 heavy (non-hydrogen) atoms. The van der Waals surface area contributed by atoms with E-state index in [0.717, 1.165) is 25.7 Å². The Kier molecular flexibility index (Phi) is 5.18. The van der Waals surface area contributed by atoms with Crippen LogP contribution < -0.4 is 0 Å². The number of carbonyl (C=O) groups excluding carboxylic acids is 2. The van der Waals surface area contributed by atoms with Gasteiger partial charge in [-0.3, -0.25) is 4.79 Å². The second kappa shape index (κ2) is 7.20. The fourth-order valence-corrected chi connectivity index (χ4v) is 4.04. The Morgan fingerprint density at radius 3 is 2.68 bits per heavy atom. The molecule has 3 rings (SSSR count). The average Bonchev–Trinajstić information content (AvgIpc) is 2.87. The minimum absolute atomic E-state index is 0.0376. The zero-order valence-electron chi connectivity index (χ0n) is 15.6. The van der Waals surface area contributed by atoms with E-state index in [-0.39, 0.29) is 30.1 Å². The molecule has 1 aromatic heterocycles. The number of aromatic nitrogens is 1. The predicted molar refractivity (Wildman–Crippen MR) is 93.9 cm³/mol. The number of aromatic amines is 1. The fraction of sp³-hybridized carbons (Fsp3) is 0.684. The van der Waals surface area contributed by atoms with Crippen LogP contribution in [0.5, 0.6) is 0 Å². The first-order valence-electron chi connectivity index (χ1n) is 9.23. The van der Waals surface area contributed by atoms with Crippen molar-refractivity contribution in [2.45, 2.75) is 71.6 Å². The number of fused-ring (bicyclic) bond motifs is 1. The Bertz CT molecular complexity index is 663. The molecule has 1 aromatic rings. The van der Waals surface area contributed by atoms with Crippen molar-refractivity contribution in [3.05, 3.63) is 22.5 Å². The van der Waals surface area contributed by atoms with Crippen molar-refractivity contribution in [2.75, 3.05) is 13.2 Å². The summed E-state index contributed by atoms with van der Waals surface area (Å²) >= 11 is 0. The fourth-order valence-electron chi connectivity index (χ4n) is 4.04. The van der Waals surface area contributed by atoms with Gasteiger partial charge in [0.1, 0.15) is 5.69 Å². The molecular weight excluding hydrogens is 320 g/mol. The lowest BCUT2D eigenvalue weighted by atomic mass is 9.90. The van der Waals surface area contributed by atoms with E-state index in [9.17, 15) is 9.59 Å². The lowest BCUT2D eigenvalue weighted by Gasteiger charge is -2.43. The number of hydrogen-bond donors (Lipinski definition) is 1. The molecule has 0 spiro atoms. The Labute approximate surface area is 148 Å². The van der Waals surface area contributed by atoms with Crippen LogP contribution in [0.1, 0.15) is 71.6 Å². The quantitative estimate of drug-likeness (QED) is 0.853. The number of aryl methyl sites for hydroxylation is 1. The Morgan fingerprint density at radius 2 is 1.96 bits per heavy atom. The van der Waals surface area contributed by atoms with Crippen LogP contribution in [0.25, 0.3) is 0 Å². The van der Waals surface area contributed by atoms with Gasteiger partial charge >= 0.3 is 5.97 Å². The SMILES string of the molecule is Cc1[nH]c(C(=O)N2CCO[C@@H]3CCCC[C@H]32)c(C)c1C(=O)OC(C)C. The number of rotatable bonds is 3. The normalized spacial score (nSPS) is 23.5. The minimum atomic E-state index is -0.377. The molecule has 1 N–H and O–H groups in total. The highest BCUT2D eigenvalue weighted by Crippen LogP contribution is 2.30. The smallest absolute Gasteiger partial charge is 0.340 e. The van der Waals surface area contributed by atoms with E-state index in [0.29, 0.717) is 35.7 Å². The van der Waals surface area contributed by atoms with Crippen molar-refractivity contribution in [3.8, 4) is 0 Å². The summed E-state index contributed by atoms with van der Waals surface area (Å²) in [5.74, 6) is -0.415. The van der Waals surface area contributed by atoms with E-state index in [1.807, 2.05) is 32.6 Å². The van der Waals surface area contributed by atoms with Crippen LogP contribution in [0, 0.1) is 13.8 Å². The number of H-pyrrole nitrogens is 1. The van der Waals surface area contributed by atoms with Gasteiger partial charge in [0, 0.05) is 12.2 Å². The highest BCUT2D eigenvalue weighted by molar-refractivity contribution is 6.00. The van der Waals surface area contributed by atoms with Crippen LogP contribution in [0.15, 0.2) is 0 Å². The molecule has 1 saturated heterocycles.